The van der Waals surface area contributed by atoms with Crippen LogP contribution in [0.1, 0.15) is 59.2 Å². The van der Waals surface area contributed by atoms with Gasteiger partial charge in [-0.15, -0.1) is 10.2 Å². The summed E-state index contributed by atoms with van der Waals surface area (Å²) in [6.45, 7) is 13.5. The number of hydrogen-bond donors (Lipinski definition) is 0. The first-order chi connectivity index (χ1) is 10.0. The van der Waals surface area contributed by atoms with E-state index in [0.717, 1.165) is 50.7 Å². The molecule has 0 unspecified atom stereocenters. The molecule has 1 aliphatic rings. The maximum atomic E-state index is 5.85. The van der Waals surface area contributed by atoms with E-state index in [1.807, 2.05) is 6.92 Å². The molecule has 0 amide bonds. The molecule has 0 saturated heterocycles. The highest BCUT2D eigenvalue weighted by Crippen LogP contribution is 2.46. The summed E-state index contributed by atoms with van der Waals surface area (Å²) in [6.07, 6.45) is 3.37. The van der Waals surface area contributed by atoms with E-state index in [4.69, 9.17) is 9.15 Å². The highest BCUT2D eigenvalue weighted by Gasteiger charge is 2.51. The first kappa shape index (κ1) is 16.4. The second-order valence-corrected chi connectivity index (χ2v) is 6.43. The van der Waals surface area contributed by atoms with Gasteiger partial charge in [0.1, 0.15) is 0 Å². The van der Waals surface area contributed by atoms with E-state index in [9.17, 15) is 0 Å². The van der Waals surface area contributed by atoms with Gasteiger partial charge in [-0.2, -0.15) is 0 Å². The molecule has 0 aromatic carbocycles. The zero-order valence-electron chi connectivity index (χ0n) is 14.1. The van der Waals surface area contributed by atoms with Crippen molar-refractivity contribution in [2.45, 2.75) is 72.6 Å². The molecule has 1 heterocycles. The molecule has 1 aromatic heterocycles. The molecule has 1 aromatic rings. The van der Waals surface area contributed by atoms with Gasteiger partial charge in [0.15, 0.2) is 0 Å². The molecule has 0 aliphatic heterocycles. The van der Waals surface area contributed by atoms with Gasteiger partial charge in [0.2, 0.25) is 11.8 Å². The average Bonchev–Trinajstić information content (AvgIpc) is 2.90. The fourth-order valence-electron chi connectivity index (χ4n) is 3.27. The van der Waals surface area contributed by atoms with Crippen LogP contribution in [-0.4, -0.2) is 40.4 Å². The molecule has 1 saturated carbocycles. The predicted molar refractivity (Wildman–Crippen MR) is 82.0 cm³/mol. The highest BCUT2D eigenvalue weighted by atomic mass is 16.5. The summed E-state index contributed by atoms with van der Waals surface area (Å²) in [6, 6.07) is 0.519. The molecule has 0 spiro atoms. The highest BCUT2D eigenvalue weighted by molar-refractivity contribution is 5.04. The van der Waals surface area contributed by atoms with Gasteiger partial charge in [-0.3, -0.25) is 4.90 Å². The maximum absolute atomic E-state index is 5.85. The van der Waals surface area contributed by atoms with E-state index >= 15 is 0 Å². The normalized spacial score (nSPS) is 24.3. The van der Waals surface area contributed by atoms with Crippen molar-refractivity contribution >= 4 is 0 Å². The Labute approximate surface area is 128 Å². The minimum atomic E-state index is 0.179. The Bertz CT molecular complexity index is 444. The van der Waals surface area contributed by atoms with Crippen LogP contribution in [-0.2, 0) is 17.7 Å². The van der Waals surface area contributed by atoms with Crippen molar-refractivity contribution in [2.24, 2.45) is 5.41 Å². The third-order valence-corrected chi connectivity index (χ3v) is 4.59. The molecule has 1 fully saturated rings. The standard InChI is InChI=1S/C16H29N3O2/c1-6-9-19(11-15-18-17-14(7-2)21-15)12-10-13(20-8-3)16(12,4)5/h12-13H,6-11H2,1-5H3/t12-,13-/m0/s1. The van der Waals surface area contributed by atoms with Gasteiger partial charge in [-0.25, -0.2) is 0 Å². The van der Waals surface area contributed by atoms with E-state index in [0.29, 0.717) is 12.1 Å². The zero-order valence-corrected chi connectivity index (χ0v) is 14.1. The fourth-order valence-corrected chi connectivity index (χ4v) is 3.27. The molecule has 0 N–H and O–H groups in total. The second kappa shape index (κ2) is 6.88. The van der Waals surface area contributed by atoms with Crippen molar-refractivity contribution in [1.82, 2.24) is 15.1 Å². The van der Waals surface area contributed by atoms with Gasteiger partial charge < -0.3 is 9.15 Å². The summed E-state index contributed by atoms with van der Waals surface area (Å²) < 4.78 is 11.5. The Balaban J connectivity index is 2.02. The predicted octanol–water partition coefficient (Wildman–Crippen LogP) is 3.05. The minimum Gasteiger partial charge on any atom is -0.424 e. The average molecular weight is 295 g/mol. The van der Waals surface area contributed by atoms with Crippen LogP contribution in [0.25, 0.3) is 0 Å². The quantitative estimate of drug-likeness (QED) is 0.738. The Hall–Kier alpha value is -0.940. The van der Waals surface area contributed by atoms with Gasteiger partial charge >= 0.3 is 0 Å². The lowest BCUT2D eigenvalue weighted by molar-refractivity contribution is -0.152. The van der Waals surface area contributed by atoms with Crippen LogP contribution in [0.2, 0.25) is 0 Å². The lowest BCUT2D eigenvalue weighted by atomic mass is 9.63. The van der Waals surface area contributed by atoms with Gasteiger partial charge in [-0.1, -0.05) is 27.7 Å². The number of nitrogens with zero attached hydrogens (tertiary/aromatic N) is 3. The molecule has 2 rings (SSSR count). The van der Waals surface area contributed by atoms with E-state index < -0.39 is 0 Å². The summed E-state index contributed by atoms with van der Waals surface area (Å²) in [5.74, 6) is 1.46. The molecule has 5 heteroatoms. The summed E-state index contributed by atoms with van der Waals surface area (Å²) in [7, 11) is 0. The fraction of sp³-hybridized carbons (Fsp3) is 0.875. The second-order valence-electron chi connectivity index (χ2n) is 6.43. The number of ether oxygens (including phenoxy) is 1. The Morgan fingerprint density at radius 1 is 1.24 bits per heavy atom. The summed E-state index contributed by atoms with van der Waals surface area (Å²) in [4.78, 5) is 2.47. The Morgan fingerprint density at radius 3 is 2.48 bits per heavy atom. The molecule has 0 radical (unpaired) electrons. The van der Waals surface area contributed by atoms with Crippen LogP contribution in [0.15, 0.2) is 4.42 Å². The molecule has 1 aliphatic carbocycles. The van der Waals surface area contributed by atoms with Crippen LogP contribution >= 0.6 is 0 Å². The SMILES string of the molecule is CCCN(Cc1nnc(CC)o1)[C@H]1C[C@H](OCC)C1(C)C. The van der Waals surface area contributed by atoms with Crippen molar-refractivity contribution in [3.63, 3.8) is 0 Å². The first-order valence-electron chi connectivity index (χ1n) is 8.19. The Morgan fingerprint density at radius 2 is 1.95 bits per heavy atom. The monoisotopic (exact) mass is 295 g/mol. The third kappa shape index (κ3) is 3.46. The van der Waals surface area contributed by atoms with Gasteiger partial charge in [0.05, 0.1) is 12.6 Å². The van der Waals surface area contributed by atoms with Crippen molar-refractivity contribution in [3.8, 4) is 0 Å². The smallest absolute Gasteiger partial charge is 0.230 e. The zero-order chi connectivity index (χ0) is 15.5. The third-order valence-electron chi connectivity index (χ3n) is 4.59. The van der Waals surface area contributed by atoms with Gasteiger partial charge in [0, 0.05) is 24.5 Å². The van der Waals surface area contributed by atoms with E-state index in [1.165, 1.54) is 0 Å². The van der Waals surface area contributed by atoms with Crippen LogP contribution in [0, 0.1) is 5.41 Å². The van der Waals surface area contributed by atoms with Crippen molar-refractivity contribution in [3.05, 3.63) is 11.8 Å². The molecular weight excluding hydrogens is 266 g/mol. The number of aryl methyl sites for hydroxylation is 1. The summed E-state index contributed by atoms with van der Waals surface area (Å²) >= 11 is 0. The molecule has 5 nitrogen and oxygen atoms in total. The molecule has 120 valence electrons. The van der Waals surface area contributed by atoms with Gasteiger partial charge in [0.25, 0.3) is 0 Å². The van der Waals surface area contributed by atoms with Crippen LogP contribution in [0.4, 0.5) is 0 Å². The summed E-state index contributed by atoms with van der Waals surface area (Å²) in [5, 5.41) is 8.23. The van der Waals surface area contributed by atoms with E-state index in [1.54, 1.807) is 0 Å². The van der Waals surface area contributed by atoms with E-state index in [2.05, 4.69) is 42.8 Å². The minimum absolute atomic E-state index is 0.179. The number of hydrogen-bond acceptors (Lipinski definition) is 5. The van der Waals surface area contributed by atoms with Crippen molar-refractivity contribution < 1.29 is 9.15 Å². The number of rotatable bonds is 8. The first-order valence-corrected chi connectivity index (χ1v) is 8.19. The van der Waals surface area contributed by atoms with Crippen molar-refractivity contribution in [1.29, 1.82) is 0 Å². The van der Waals surface area contributed by atoms with Gasteiger partial charge in [-0.05, 0) is 26.3 Å². The molecule has 2 atom stereocenters. The van der Waals surface area contributed by atoms with Crippen LogP contribution in [0.5, 0.6) is 0 Å². The lowest BCUT2D eigenvalue weighted by Crippen LogP contribution is -2.62. The molecule has 21 heavy (non-hydrogen) atoms. The Kier molecular flexibility index (Phi) is 5.38. The molecule has 0 bridgehead atoms. The molecular formula is C16H29N3O2. The largest absolute Gasteiger partial charge is 0.424 e. The van der Waals surface area contributed by atoms with Crippen LogP contribution in [0.3, 0.4) is 0 Å². The van der Waals surface area contributed by atoms with E-state index in [-0.39, 0.29) is 5.41 Å². The lowest BCUT2D eigenvalue weighted by Gasteiger charge is -2.55. The topological polar surface area (TPSA) is 51.4 Å². The number of aromatic nitrogens is 2. The van der Waals surface area contributed by atoms with Crippen molar-refractivity contribution in [2.75, 3.05) is 13.2 Å². The van der Waals surface area contributed by atoms with Crippen LogP contribution < -0.4 is 0 Å². The summed E-state index contributed by atoms with van der Waals surface area (Å²) in [5.41, 5.74) is 0.179. The maximum Gasteiger partial charge on any atom is 0.230 e.